The molecule has 2 aromatic carbocycles. The van der Waals surface area contributed by atoms with Crippen LogP contribution in [0, 0.1) is 5.82 Å². The van der Waals surface area contributed by atoms with Crippen LogP contribution < -0.4 is 15.1 Å². The van der Waals surface area contributed by atoms with Crippen molar-refractivity contribution in [3.63, 3.8) is 0 Å². The van der Waals surface area contributed by atoms with Crippen molar-refractivity contribution < 1.29 is 31.6 Å². The van der Waals surface area contributed by atoms with Crippen molar-refractivity contribution in [1.82, 2.24) is 5.32 Å². The topological polar surface area (TPSA) is 101 Å². The molecule has 3 aromatic rings. The predicted molar refractivity (Wildman–Crippen MR) is 135 cm³/mol. The number of rotatable bonds is 6. The molecule has 1 aliphatic rings. The molecule has 1 unspecified atom stereocenters. The summed E-state index contributed by atoms with van der Waals surface area (Å²) >= 11 is 0. The lowest BCUT2D eigenvalue weighted by molar-refractivity contribution is 0.00578. The third-order valence-electron chi connectivity index (χ3n) is 6.87. The van der Waals surface area contributed by atoms with Gasteiger partial charge in [-0.3, -0.25) is 9.62 Å². The molecular weight excluding hydrogens is 474 g/mol. The maximum Gasteiger partial charge on any atom is 0.497 e. The summed E-state index contributed by atoms with van der Waals surface area (Å²) in [5.74, 6) is -0.0680. The first kappa shape index (κ1) is 25.7. The third-order valence-corrected chi connectivity index (χ3v) is 8.06. The van der Waals surface area contributed by atoms with Gasteiger partial charge in [0.15, 0.2) is 0 Å². The molecule has 8 nitrogen and oxygen atoms in total. The Bertz CT molecular complexity index is 1350. The Morgan fingerprint density at radius 2 is 1.66 bits per heavy atom. The standard InChI is InChI=1S/C24H30BFN2O6S/c1-23(2)24(3,4)34-25(33-23)17-12-16-19(13-18(17)28(6)35(7,30)31)32-21(20(16)22(29)27-5)14-8-10-15(26)11-9-14/h8-13,22,27,29H,1-7H3. The van der Waals surface area contributed by atoms with E-state index in [2.05, 4.69) is 5.32 Å². The highest BCUT2D eigenvalue weighted by atomic mass is 32.2. The summed E-state index contributed by atoms with van der Waals surface area (Å²) in [5.41, 5.74) is 0.818. The highest BCUT2D eigenvalue weighted by Crippen LogP contribution is 2.41. The maximum absolute atomic E-state index is 13.6. The number of hydrogen-bond donors (Lipinski definition) is 2. The summed E-state index contributed by atoms with van der Waals surface area (Å²) in [6, 6.07) is 9.03. The Kier molecular flexibility index (Phi) is 6.30. The van der Waals surface area contributed by atoms with E-state index < -0.39 is 40.4 Å². The molecule has 2 heterocycles. The van der Waals surface area contributed by atoms with Crippen molar-refractivity contribution in [1.29, 1.82) is 0 Å². The second kappa shape index (κ2) is 8.60. The molecule has 2 N–H and O–H groups in total. The molecule has 0 amide bonds. The quantitative estimate of drug-likeness (QED) is 0.393. The Labute approximate surface area is 205 Å². The van der Waals surface area contributed by atoms with E-state index in [1.54, 1.807) is 31.3 Å². The second-order valence-corrected chi connectivity index (χ2v) is 11.8. The fraction of sp³-hybridized carbons (Fsp3) is 0.417. The van der Waals surface area contributed by atoms with Gasteiger partial charge in [0.2, 0.25) is 10.0 Å². The van der Waals surface area contributed by atoms with Crippen molar-refractivity contribution in [3.05, 3.63) is 47.8 Å². The SMILES string of the molecule is CNC(O)c1c(-c2ccc(F)cc2)oc2cc(N(C)S(C)(=O)=O)c(B3OC(C)(C)C(C)(C)O3)cc12. The van der Waals surface area contributed by atoms with Gasteiger partial charge in [0.05, 0.1) is 23.1 Å². The van der Waals surface area contributed by atoms with E-state index >= 15 is 0 Å². The normalized spacial score (nSPS) is 18.3. The molecule has 0 radical (unpaired) electrons. The van der Waals surface area contributed by atoms with Gasteiger partial charge >= 0.3 is 7.12 Å². The number of hydrogen-bond acceptors (Lipinski definition) is 7. The molecule has 1 atom stereocenters. The molecule has 188 valence electrons. The number of nitrogens with zero attached hydrogens (tertiary/aromatic N) is 1. The summed E-state index contributed by atoms with van der Waals surface area (Å²) in [4.78, 5) is 0. The fourth-order valence-corrected chi connectivity index (χ4v) is 4.53. The molecule has 0 saturated carbocycles. The minimum Gasteiger partial charge on any atom is -0.456 e. The molecule has 0 bridgehead atoms. The van der Waals surface area contributed by atoms with Gasteiger partial charge in [0.25, 0.3) is 0 Å². The largest absolute Gasteiger partial charge is 0.497 e. The molecule has 1 aromatic heterocycles. The van der Waals surface area contributed by atoms with E-state index in [1.807, 2.05) is 27.7 Å². The summed E-state index contributed by atoms with van der Waals surface area (Å²) in [5, 5.41) is 14.2. The van der Waals surface area contributed by atoms with Gasteiger partial charge in [0.1, 0.15) is 23.4 Å². The first-order valence-corrected chi connectivity index (χ1v) is 13.0. The van der Waals surface area contributed by atoms with Crippen LogP contribution in [0.15, 0.2) is 40.8 Å². The van der Waals surface area contributed by atoms with Crippen LogP contribution in [0.1, 0.15) is 39.5 Å². The zero-order valence-corrected chi connectivity index (χ0v) is 21.7. The van der Waals surface area contributed by atoms with Crippen molar-refractivity contribution in [3.8, 4) is 11.3 Å². The van der Waals surface area contributed by atoms with Crippen LogP contribution in [0.2, 0.25) is 0 Å². The summed E-state index contributed by atoms with van der Waals surface area (Å²) in [6.07, 6.45) is -0.00560. The van der Waals surface area contributed by atoms with Crippen molar-refractivity contribution >= 4 is 39.3 Å². The number of fused-ring (bicyclic) bond motifs is 1. The molecule has 11 heteroatoms. The van der Waals surface area contributed by atoms with Crippen LogP contribution in [0.25, 0.3) is 22.3 Å². The van der Waals surface area contributed by atoms with Crippen molar-refractivity contribution in [2.24, 2.45) is 0 Å². The van der Waals surface area contributed by atoms with Crippen LogP contribution >= 0.6 is 0 Å². The number of aliphatic hydroxyl groups is 1. The fourth-order valence-electron chi connectivity index (χ4n) is 4.01. The van der Waals surface area contributed by atoms with Crippen LogP contribution in [-0.4, -0.2) is 52.2 Å². The average Bonchev–Trinajstić information content (AvgIpc) is 3.24. The molecule has 1 aliphatic heterocycles. The molecule has 1 saturated heterocycles. The van der Waals surface area contributed by atoms with Gasteiger partial charge in [-0.15, -0.1) is 0 Å². The van der Waals surface area contributed by atoms with E-state index in [1.165, 1.54) is 19.2 Å². The highest BCUT2D eigenvalue weighted by Gasteiger charge is 2.52. The van der Waals surface area contributed by atoms with E-state index in [-0.39, 0.29) is 0 Å². The number of halogens is 1. The zero-order valence-electron chi connectivity index (χ0n) is 20.8. The van der Waals surface area contributed by atoms with Crippen molar-refractivity contribution in [2.75, 3.05) is 24.7 Å². The molecular formula is C24H30BFN2O6S. The van der Waals surface area contributed by atoms with Gasteiger partial charge in [-0.05, 0) is 65.1 Å². The van der Waals surface area contributed by atoms with E-state index in [0.29, 0.717) is 39.0 Å². The van der Waals surface area contributed by atoms with Crippen LogP contribution in [0.5, 0.6) is 0 Å². The highest BCUT2D eigenvalue weighted by molar-refractivity contribution is 7.92. The maximum atomic E-state index is 13.6. The van der Waals surface area contributed by atoms with Crippen LogP contribution in [0.3, 0.4) is 0 Å². The van der Waals surface area contributed by atoms with Gasteiger partial charge in [0, 0.05) is 35.1 Å². The monoisotopic (exact) mass is 504 g/mol. The zero-order chi connectivity index (χ0) is 25.9. The Morgan fingerprint density at radius 1 is 1.09 bits per heavy atom. The van der Waals surface area contributed by atoms with Crippen molar-refractivity contribution in [2.45, 2.75) is 45.1 Å². The Hall–Kier alpha value is -2.44. The number of sulfonamides is 1. The van der Waals surface area contributed by atoms with Gasteiger partial charge in [-0.25, -0.2) is 12.8 Å². The van der Waals surface area contributed by atoms with Crippen LogP contribution in [0.4, 0.5) is 10.1 Å². The lowest BCUT2D eigenvalue weighted by Crippen LogP contribution is -2.41. The number of aliphatic hydroxyl groups excluding tert-OH is 1. The molecule has 1 fully saturated rings. The first-order valence-electron chi connectivity index (χ1n) is 11.2. The lowest BCUT2D eigenvalue weighted by atomic mass is 9.77. The van der Waals surface area contributed by atoms with E-state index in [4.69, 9.17) is 13.7 Å². The van der Waals surface area contributed by atoms with E-state index in [9.17, 15) is 17.9 Å². The van der Waals surface area contributed by atoms with Crippen LogP contribution in [-0.2, 0) is 19.3 Å². The molecule has 0 aliphatic carbocycles. The summed E-state index contributed by atoms with van der Waals surface area (Å²) < 4.78 is 58.3. The number of anilines is 1. The first-order chi connectivity index (χ1) is 16.2. The third kappa shape index (κ3) is 4.47. The van der Waals surface area contributed by atoms with Gasteiger partial charge < -0.3 is 18.8 Å². The summed E-state index contributed by atoms with van der Waals surface area (Å²) in [7, 11) is -1.47. The molecule has 35 heavy (non-hydrogen) atoms. The smallest absolute Gasteiger partial charge is 0.456 e. The molecule has 0 spiro atoms. The Balaban J connectivity index is 2.01. The number of benzene rings is 2. The van der Waals surface area contributed by atoms with E-state index in [0.717, 1.165) is 10.6 Å². The predicted octanol–water partition coefficient (Wildman–Crippen LogP) is 3.14. The minimum atomic E-state index is -3.64. The lowest BCUT2D eigenvalue weighted by Gasteiger charge is -2.32. The Morgan fingerprint density at radius 3 is 2.17 bits per heavy atom. The second-order valence-electron chi connectivity index (χ2n) is 9.77. The van der Waals surface area contributed by atoms with Gasteiger partial charge in [-0.2, -0.15) is 0 Å². The minimum absolute atomic E-state index is 0.323. The average molecular weight is 504 g/mol. The molecule has 4 rings (SSSR count). The number of furan rings is 1. The number of nitrogens with one attached hydrogen (secondary N) is 1. The summed E-state index contributed by atoms with van der Waals surface area (Å²) in [6.45, 7) is 7.64. The van der Waals surface area contributed by atoms with Gasteiger partial charge in [-0.1, -0.05) is 0 Å².